The van der Waals surface area contributed by atoms with Crippen LogP contribution in [0.5, 0.6) is 0 Å². The number of hydrogen-bond donors (Lipinski definition) is 1. The molecule has 0 bridgehead atoms. The van der Waals surface area contributed by atoms with Gasteiger partial charge in [0.1, 0.15) is 0 Å². The van der Waals surface area contributed by atoms with E-state index in [0.29, 0.717) is 5.06 Å². The summed E-state index contributed by atoms with van der Waals surface area (Å²) in [7, 11) is 0. The maximum atomic E-state index is 12.3. The van der Waals surface area contributed by atoms with Crippen LogP contribution < -0.4 is 5.06 Å². The van der Waals surface area contributed by atoms with Crippen LogP contribution in [0.15, 0.2) is 0 Å². The molecule has 1 aliphatic heterocycles. The lowest BCUT2D eigenvalue weighted by Crippen LogP contribution is -3.23. The Morgan fingerprint density at radius 2 is 1.61 bits per heavy atom. The summed E-state index contributed by atoms with van der Waals surface area (Å²) >= 11 is 0. The molecule has 0 aromatic carbocycles. The first-order valence-corrected chi connectivity index (χ1v) is 7.46. The van der Waals surface area contributed by atoms with E-state index in [1.54, 1.807) is 0 Å². The number of quaternary nitrogens is 1. The van der Waals surface area contributed by atoms with Gasteiger partial charge in [-0.05, 0) is 34.1 Å². The highest BCUT2D eigenvalue weighted by molar-refractivity contribution is 4.87. The van der Waals surface area contributed by atoms with Crippen molar-refractivity contribution >= 4 is 0 Å². The minimum atomic E-state index is -0.226. The van der Waals surface area contributed by atoms with Gasteiger partial charge in [0.05, 0.1) is 17.2 Å². The summed E-state index contributed by atoms with van der Waals surface area (Å²) in [5.41, 5.74) is -0.453. The largest absolute Gasteiger partial charge is 0.634 e. The van der Waals surface area contributed by atoms with Crippen LogP contribution in [0.25, 0.3) is 0 Å². The molecule has 0 aliphatic carbocycles. The van der Waals surface area contributed by atoms with Crippen molar-refractivity contribution in [3.63, 3.8) is 0 Å². The molecule has 0 aromatic rings. The van der Waals surface area contributed by atoms with E-state index < -0.39 is 0 Å². The number of unbranched alkanes of at least 4 members (excludes halogenated alkanes) is 3. The Morgan fingerprint density at radius 1 is 1.06 bits per heavy atom. The average molecular weight is 257 g/mol. The van der Waals surface area contributed by atoms with Gasteiger partial charge in [0.2, 0.25) is 0 Å². The van der Waals surface area contributed by atoms with Crippen molar-refractivity contribution < 1.29 is 9.80 Å². The van der Waals surface area contributed by atoms with Gasteiger partial charge in [-0.1, -0.05) is 26.2 Å². The van der Waals surface area contributed by atoms with Gasteiger partial charge in [-0.25, -0.2) is 0 Å². The molecule has 0 spiro atoms. The Morgan fingerprint density at radius 3 is 2.11 bits per heavy atom. The average Bonchev–Trinajstić information content (AvgIpc) is 2.25. The predicted octanol–water partition coefficient (Wildman–Crippen LogP) is 2.69. The van der Waals surface area contributed by atoms with Gasteiger partial charge in [0.15, 0.2) is 0 Å². The predicted molar refractivity (Wildman–Crippen MR) is 75.6 cm³/mol. The van der Waals surface area contributed by atoms with Crippen molar-refractivity contribution in [1.82, 2.24) is 0 Å². The monoisotopic (exact) mass is 257 g/mol. The molecule has 3 heteroatoms. The maximum Gasteiger partial charge on any atom is 0.0946 e. The molecule has 0 aromatic heterocycles. The van der Waals surface area contributed by atoms with Crippen molar-refractivity contribution in [2.45, 2.75) is 90.3 Å². The summed E-state index contributed by atoms with van der Waals surface area (Å²) < 4.78 is 6.00. The fourth-order valence-corrected chi connectivity index (χ4v) is 3.21. The first-order chi connectivity index (χ1) is 8.29. The molecule has 1 heterocycles. The quantitative estimate of drug-likeness (QED) is 0.587. The standard InChI is InChI=1S/C15H31NO2/c1-6-7-8-9-10-18-13-11-14(2,3)16(17)15(4,5)12-13/h13,16H,6-12H2,1-5H3. The van der Waals surface area contributed by atoms with Crippen molar-refractivity contribution in [3.05, 3.63) is 5.21 Å². The van der Waals surface area contributed by atoms with Crippen LogP contribution in [0.1, 0.15) is 73.1 Å². The Hall–Kier alpha value is -0.120. The summed E-state index contributed by atoms with van der Waals surface area (Å²) in [5.74, 6) is 0. The van der Waals surface area contributed by atoms with Crippen molar-refractivity contribution in [1.29, 1.82) is 0 Å². The fraction of sp³-hybridized carbons (Fsp3) is 1.00. The lowest BCUT2D eigenvalue weighted by atomic mass is 9.80. The van der Waals surface area contributed by atoms with Crippen molar-refractivity contribution in [2.75, 3.05) is 6.61 Å². The Labute approximate surface area is 112 Å². The summed E-state index contributed by atoms with van der Waals surface area (Å²) in [6, 6.07) is 0. The lowest BCUT2D eigenvalue weighted by Gasteiger charge is -2.54. The Bertz CT molecular complexity index is 233. The second-order valence-electron chi connectivity index (χ2n) is 7.06. The number of ether oxygens (including phenoxy) is 1. The van der Waals surface area contributed by atoms with Crippen molar-refractivity contribution in [2.24, 2.45) is 0 Å². The molecule has 0 saturated carbocycles. The molecule has 0 atom stereocenters. The second kappa shape index (κ2) is 6.36. The molecule has 0 amide bonds. The topological polar surface area (TPSA) is 36.7 Å². The zero-order chi connectivity index (χ0) is 13.8. The molecule has 0 unspecified atom stereocenters. The van der Waals surface area contributed by atoms with E-state index >= 15 is 0 Å². The van der Waals surface area contributed by atoms with Gasteiger partial charge in [-0.3, -0.25) is 0 Å². The fourth-order valence-electron chi connectivity index (χ4n) is 3.21. The zero-order valence-electron chi connectivity index (χ0n) is 12.8. The van der Waals surface area contributed by atoms with E-state index in [-0.39, 0.29) is 17.2 Å². The van der Waals surface area contributed by atoms with Crippen LogP contribution in [0, 0.1) is 5.21 Å². The number of hydrogen-bond acceptors (Lipinski definition) is 2. The van der Waals surface area contributed by atoms with Crippen LogP contribution in [0.2, 0.25) is 0 Å². The highest BCUT2D eigenvalue weighted by Crippen LogP contribution is 2.26. The second-order valence-corrected chi connectivity index (χ2v) is 7.06. The number of hydroxylamine groups is 2. The van der Waals surface area contributed by atoms with Crippen LogP contribution in [0.3, 0.4) is 0 Å². The van der Waals surface area contributed by atoms with E-state index in [1.165, 1.54) is 19.3 Å². The summed E-state index contributed by atoms with van der Waals surface area (Å²) in [6.07, 6.45) is 6.98. The molecule has 1 rings (SSSR count). The summed E-state index contributed by atoms with van der Waals surface area (Å²) in [5, 5.41) is 12.7. The molecular weight excluding hydrogens is 226 g/mol. The van der Waals surface area contributed by atoms with Gasteiger partial charge >= 0.3 is 0 Å². The highest BCUT2D eigenvalue weighted by atomic mass is 16.5. The van der Waals surface area contributed by atoms with Crippen LogP contribution in [0.4, 0.5) is 0 Å². The van der Waals surface area contributed by atoms with Crippen LogP contribution in [-0.2, 0) is 4.74 Å². The van der Waals surface area contributed by atoms with Gasteiger partial charge in [-0.15, -0.1) is 0 Å². The first-order valence-electron chi connectivity index (χ1n) is 7.46. The highest BCUT2D eigenvalue weighted by Gasteiger charge is 2.45. The van der Waals surface area contributed by atoms with E-state index in [9.17, 15) is 5.21 Å². The van der Waals surface area contributed by atoms with Crippen LogP contribution in [-0.4, -0.2) is 23.8 Å². The first kappa shape index (κ1) is 15.9. The van der Waals surface area contributed by atoms with Gasteiger partial charge < -0.3 is 15.0 Å². The summed E-state index contributed by atoms with van der Waals surface area (Å²) in [6.45, 7) is 11.3. The molecule has 1 saturated heterocycles. The molecule has 0 radical (unpaired) electrons. The van der Waals surface area contributed by atoms with Crippen molar-refractivity contribution in [3.8, 4) is 0 Å². The van der Waals surface area contributed by atoms with E-state index in [2.05, 4.69) is 34.6 Å². The molecule has 18 heavy (non-hydrogen) atoms. The number of nitrogens with one attached hydrogen (secondary N) is 1. The number of piperidine rings is 1. The van der Waals surface area contributed by atoms with Gasteiger partial charge in [0, 0.05) is 19.4 Å². The minimum absolute atomic E-state index is 0.226. The molecule has 1 aliphatic rings. The molecule has 108 valence electrons. The lowest BCUT2D eigenvalue weighted by molar-refractivity contribution is -0.956. The van der Waals surface area contributed by atoms with Gasteiger partial charge in [0.25, 0.3) is 0 Å². The third-order valence-electron chi connectivity index (χ3n) is 4.06. The van der Waals surface area contributed by atoms with E-state index in [0.717, 1.165) is 25.9 Å². The normalized spacial score (nSPS) is 30.3. The molecule has 3 nitrogen and oxygen atoms in total. The SMILES string of the molecule is CCCCCCOC1CC(C)(C)[NH+]([O-])C(C)(C)C1. The zero-order valence-corrected chi connectivity index (χ0v) is 12.8. The molecule has 1 fully saturated rings. The van der Waals surface area contributed by atoms with Gasteiger partial charge in [-0.2, -0.15) is 0 Å². The Balaban J connectivity index is 2.39. The minimum Gasteiger partial charge on any atom is -0.634 e. The number of rotatable bonds is 6. The maximum absolute atomic E-state index is 12.3. The van der Waals surface area contributed by atoms with E-state index in [4.69, 9.17) is 4.74 Å². The van der Waals surface area contributed by atoms with Crippen LogP contribution >= 0.6 is 0 Å². The van der Waals surface area contributed by atoms with E-state index in [1.807, 2.05) is 0 Å². The smallest absolute Gasteiger partial charge is 0.0946 e. The third-order valence-corrected chi connectivity index (χ3v) is 4.06. The third kappa shape index (κ3) is 4.22. The Kier molecular flexibility index (Phi) is 5.63. The summed E-state index contributed by atoms with van der Waals surface area (Å²) in [4.78, 5) is 0. The molecular formula is C15H31NO2. The molecule has 1 N–H and O–H groups in total.